The Bertz CT molecular complexity index is 299. The molecule has 0 aliphatic heterocycles. The van der Waals surface area contributed by atoms with E-state index in [1.807, 2.05) is 6.92 Å². The van der Waals surface area contributed by atoms with Gasteiger partial charge in [-0.3, -0.25) is 0 Å². The zero-order chi connectivity index (χ0) is 8.81. The zero-order valence-electron chi connectivity index (χ0n) is 6.59. The summed E-state index contributed by atoms with van der Waals surface area (Å²) in [6, 6.07) is 0. The molecule has 64 valence electrons. The molecule has 0 atom stereocenters. The fourth-order valence-electron chi connectivity index (χ4n) is 0.634. The Labute approximate surface area is 83.7 Å². The Hall–Kier alpha value is -0.600. The van der Waals surface area contributed by atoms with Crippen LogP contribution in [0.4, 0.5) is 5.13 Å². The number of anilines is 1. The van der Waals surface area contributed by atoms with Crippen molar-refractivity contribution in [2.45, 2.75) is 13.3 Å². The van der Waals surface area contributed by atoms with Gasteiger partial charge in [0.2, 0.25) is 5.13 Å². The maximum absolute atomic E-state index is 3.88. The molecule has 0 aliphatic rings. The molecule has 1 aromatic rings. The maximum Gasteiger partial charge on any atom is 0.206 e. The highest BCUT2D eigenvalue weighted by atomic mass is 79.9. The van der Waals surface area contributed by atoms with E-state index in [0.29, 0.717) is 0 Å². The molecule has 1 aromatic heterocycles. The standard InChI is InChI=1S/C7H8BrN3S/c1-2-3-4-5-9-7-11-10-6(8)12-7/h4-5H2,1H3,(H,9,11). The van der Waals surface area contributed by atoms with Crippen molar-refractivity contribution >= 4 is 32.4 Å². The molecule has 3 nitrogen and oxygen atoms in total. The summed E-state index contributed by atoms with van der Waals surface area (Å²) < 4.78 is 0.798. The lowest BCUT2D eigenvalue weighted by Crippen LogP contribution is -1.99. The summed E-state index contributed by atoms with van der Waals surface area (Å²) in [7, 11) is 0. The average Bonchev–Trinajstić information content (AvgIpc) is 2.45. The van der Waals surface area contributed by atoms with Gasteiger partial charge in [-0.2, -0.15) is 0 Å². The summed E-state index contributed by atoms with van der Waals surface area (Å²) in [4.78, 5) is 0. The van der Waals surface area contributed by atoms with Crippen molar-refractivity contribution < 1.29 is 0 Å². The number of nitrogens with one attached hydrogen (secondary N) is 1. The lowest BCUT2D eigenvalue weighted by Gasteiger charge is -1.94. The fourth-order valence-corrected chi connectivity index (χ4v) is 1.67. The summed E-state index contributed by atoms with van der Waals surface area (Å²) in [6.07, 6.45) is 0.841. The van der Waals surface area contributed by atoms with Gasteiger partial charge >= 0.3 is 0 Å². The van der Waals surface area contributed by atoms with Crippen LogP contribution in [0.5, 0.6) is 0 Å². The van der Waals surface area contributed by atoms with E-state index in [0.717, 1.165) is 22.0 Å². The highest BCUT2D eigenvalue weighted by molar-refractivity contribution is 9.11. The number of hydrogen-bond donors (Lipinski definition) is 1. The molecule has 0 saturated carbocycles. The topological polar surface area (TPSA) is 37.8 Å². The molecule has 1 N–H and O–H groups in total. The third-order valence-electron chi connectivity index (χ3n) is 1.10. The van der Waals surface area contributed by atoms with Gasteiger partial charge in [0.1, 0.15) is 0 Å². The van der Waals surface area contributed by atoms with E-state index in [-0.39, 0.29) is 0 Å². The highest BCUT2D eigenvalue weighted by Gasteiger charge is 1.97. The van der Waals surface area contributed by atoms with Gasteiger partial charge in [0.05, 0.1) is 0 Å². The minimum atomic E-state index is 0.798. The van der Waals surface area contributed by atoms with Crippen LogP contribution in [0.2, 0.25) is 0 Å². The summed E-state index contributed by atoms with van der Waals surface area (Å²) in [5.41, 5.74) is 0. The van der Waals surface area contributed by atoms with Crippen molar-refractivity contribution in [1.29, 1.82) is 0 Å². The van der Waals surface area contributed by atoms with Gasteiger partial charge in [0.25, 0.3) is 0 Å². The third kappa shape index (κ3) is 3.20. The summed E-state index contributed by atoms with van der Waals surface area (Å²) >= 11 is 4.71. The SMILES string of the molecule is CC#CCCNc1nnc(Br)s1. The number of hydrogen-bond acceptors (Lipinski definition) is 4. The van der Waals surface area contributed by atoms with E-state index >= 15 is 0 Å². The van der Waals surface area contributed by atoms with Gasteiger partial charge in [0, 0.05) is 13.0 Å². The van der Waals surface area contributed by atoms with E-state index in [1.165, 1.54) is 11.3 Å². The van der Waals surface area contributed by atoms with E-state index < -0.39 is 0 Å². The van der Waals surface area contributed by atoms with E-state index in [2.05, 4.69) is 43.3 Å². The largest absolute Gasteiger partial charge is 0.359 e. The Kier molecular flexibility index (Phi) is 4.05. The first-order valence-corrected chi connectivity index (χ1v) is 5.06. The van der Waals surface area contributed by atoms with Crippen LogP contribution in [0.3, 0.4) is 0 Å². The lowest BCUT2D eigenvalue weighted by atomic mass is 10.4. The van der Waals surface area contributed by atoms with Crippen molar-refractivity contribution in [2.24, 2.45) is 0 Å². The van der Waals surface area contributed by atoms with Gasteiger partial charge in [-0.05, 0) is 22.9 Å². The molecular weight excluding hydrogens is 238 g/mol. The van der Waals surface area contributed by atoms with Gasteiger partial charge in [0.15, 0.2) is 3.92 Å². The number of halogens is 1. The molecule has 1 heterocycles. The number of rotatable bonds is 3. The van der Waals surface area contributed by atoms with Crippen LogP contribution in [0.25, 0.3) is 0 Å². The summed E-state index contributed by atoms with van der Waals surface area (Å²) in [5, 5.41) is 11.6. The Morgan fingerprint density at radius 3 is 3.00 bits per heavy atom. The Morgan fingerprint density at radius 2 is 2.42 bits per heavy atom. The van der Waals surface area contributed by atoms with Crippen molar-refractivity contribution in [1.82, 2.24) is 10.2 Å². The van der Waals surface area contributed by atoms with Gasteiger partial charge < -0.3 is 5.32 Å². The zero-order valence-corrected chi connectivity index (χ0v) is 9.00. The van der Waals surface area contributed by atoms with Crippen LogP contribution in [-0.2, 0) is 0 Å². The smallest absolute Gasteiger partial charge is 0.206 e. The van der Waals surface area contributed by atoms with Crippen LogP contribution >= 0.6 is 27.3 Å². The minimum Gasteiger partial charge on any atom is -0.359 e. The predicted molar refractivity (Wildman–Crippen MR) is 54.2 cm³/mol. The Balaban J connectivity index is 2.27. The van der Waals surface area contributed by atoms with Gasteiger partial charge in [-0.15, -0.1) is 22.0 Å². The van der Waals surface area contributed by atoms with Crippen molar-refractivity contribution in [3.05, 3.63) is 3.92 Å². The quantitative estimate of drug-likeness (QED) is 0.655. The third-order valence-corrected chi connectivity index (χ3v) is 2.42. The average molecular weight is 246 g/mol. The Morgan fingerprint density at radius 1 is 1.58 bits per heavy atom. The van der Waals surface area contributed by atoms with Crippen molar-refractivity contribution in [3.63, 3.8) is 0 Å². The molecule has 0 aromatic carbocycles. The first-order chi connectivity index (χ1) is 5.83. The molecule has 1 rings (SSSR count). The second kappa shape index (κ2) is 5.12. The van der Waals surface area contributed by atoms with E-state index in [1.54, 1.807) is 0 Å². The van der Waals surface area contributed by atoms with Crippen molar-refractivity contribution in [2.75, 3.05) is 11.9 Å². The lowest BCUT2D eigenvalue weighted by molar-refractivity contribution is 1.03. The molecule has 0 radical (unpaired) electrons. The predicted octanol–water partition coefficient (Wildman–Crippen LogP) is 2.13. The second-order valence-electron chi connectivity index (χ2n) is 1.96. The second-order valence-corrected chi connectivity index (χ2v) is 4.22. The normalized spacial score (nSPS) is 8.83. The van der Waals surface area contributed by atoms with Gasteiger partial charge in [-0.1, -0.05) is 11.3 Å². The first kappa shape index (κ1) is 9.49. The molecule has 0 spiro atoms. The minimum absolute atomic E-state index is 0.798. The monoisotopic (exact) mass is 245 g/mol. The molecule has 12 heavy (non-hydrogen) atoms. The van der Waals surface area contributed by atoms with E-state index in [4.69, 9.17) is 0 Å². The van der Waals surface area contributed by atoms with Crippen LogP contribution in [-0.4, -0.2) is 16.7 Å². The van der Waals surface area contributed by atoms with Crippen molar-refractivity contribution in [3.8, 4) is 11.8 Å². The highest BCUT2D eigenvalue weighted by Crippen LogP contribution is 2.19. The van der Waals surface area contributed by atoms with E-state index in [9.17, 15) is 0 Å². The maximum atomic E-state index is 3.88. The molecule has 0 bridgehead atoms. The van der Waals surface area contributed by atoms with Crippen LogP contribution in [0, 0.1) is 11.8 Å². The molecule has 0 fully saturated rings. The fraction of sp³-hybridized carbons (Fsp3) is 0.429. The molecule has 0 amide bonds. The van der Waals surface area contributed by atoms with Crippen LogP contribution in [0.1, 0.15) is 13.3 Å². The van der Waals surface area contributed by atoms with Crippen LogP contribution < -0.4 is 5.32 Å². The summed E-state index contributed by atoms with van der Waals surface area (Å²) in [5.74, 6) is 5.78. The number of aromatic nitrogens is 2. The molecule has 0 saturated heterocycles. The first-order valence-electron chi connectivity index (χ1n) is 3.45. The number of nitrogens with zero attached hydrogens (tertiary/aromatic N) is 2. The van der Waals surface area contributed by atoms with Gasteiger partial charge in [-0.25, -0.2) is 0 Å². The molecule has 0 aliphatic carbocycles. The van der Waals surface area contributed by atoms with Crippen LogP contribution in [0.15, 0.2) is 3.92 Å². The molecular formula is C7H8BrN3S. The molecule has 0 unspecified atom stereocenters. The molecule has 5 heteroatoms. The summed E-state index contributed by atoms with van der Waals surface area (Å²) in [6.45, 7) is 2.66.